The third-order valence-electron chi connectivity index (χ3n) is 5.18. The van der Waals surface area contributed by atoms with Crippen LogP contribution in [0.5, 0.6) is 0 Å². The van der Waals surface area contributed by atoms with E-state index in [-0.39, 0.29) is 28.2 Å². The number of ether oxygens (including phenoxy) is 1. The Kier molecular flexibility index (Phi) is 6.69. The zero-order chi connectivity index (χ0) is 22.8. The van der Waals surface area contributed by atoms with E-state index in [4.69, 9.17) is 4.74 Å². The highest BCUT2D eigenvalue weighted by Gasteiger charge is 2.29. The number of sulfone groups is 1. The van der Waals surface area contributed by atoms with Gasteiger partial charge in [0, 0.05) is 24.7 Å². The predicted octanol–water partition coefficient (Wildman–Crippen LogP) is 5.05. The van der Waals surface area contributed by atoms with Crippen LogP contribution in [0.1, 0.15) is 33.6 Å². The number of benzene rings is 2. The molecule has 0 aliphatic carbocycles. The largest absolute Gasteiger partial charge is 0.444 e. The fraction of sp³-hybridized carbons (Fsp3) is 0.435. The molecule has 5 nitrogen and oxygen atoms in total. The molecule has 168 valence electrons. The fourth-order valence-corrected chi connectivity index (χ4v) is 5.28. The molecule has 0 radical (unpaired) electrons. The van der Waals surface area contributed by atoms with Crippen LogP contribution < -0.4 is 0 Å². The summed E-state index contributed by atoms with van der Waals surface area (Å²) in [5.41, 5.74) is 0.113. The van der Waals surface area contributed by atoms with Crippen molar-refractivity contribution >= 4 is 15.9 Å². The molecule has 8 heteroatoms. The fourth-order valence-electron chi connectivity index (χ4n) is 3.58. The van der Waals surface area contributed by atoms with Crippen LogP contribution in [0.3, 0.4) is 0 Å². The summed E-state index contributed by atoms with van der Waals surface area (Å²) in [5, 5.41) is 0. The van der Waals surface area contributed by atoms with Gasteiger partial charge in [0.2, 0.25) is 0 Å². The smallest absolute Gasteiger partial charge is 0.410 e. The minimum Gasteiger partial charge on any atom is -0.444 e. The lowest BCUT2D eigenvalue weighted by Gasteiger charge is -2.33. The molecule has 31 heavy (non-hydrogen) atoms. The number of halogens is 2. The van der Waals surface area contributed by atoms with Crippen LogP contribution in [0, 0.1) is 17.6 Å². The maximum absolute atomic E-state index is 14.0. The van der Waals surface area contributed by atoms with Crippen LogP contribution in [0.15, 0.2) is 47.4 Å². The number of carbonyl (C=O) groups is 1. The third-order valence-corrected chi connectivity index (χ3v) is 7.08. The van der Waals surface area contributed by atoms with Crippen molar-refractivity contribution in [2.24, 2.45) is 5.92 Å². The Labute approximate surface area is 181 Å². The van der Waals surface area contributed by atoms with Crippen molar-refractivity contribution in [3.05, 3.63) is 54.1 Å². The van der Waals surface area contributed by atoms with Gasteiger partial charge in [-0.25, -0.2) is 22.0 Å². The van der Waals surface area contributed by atoms with Crippen molar-refractivity contribution in [3.8, 4) is 11.1 Å². The molecule has 2 aromatic rings. The molecule has 0 unspecified atom stereocenters. The molecule has 1 fully saturated rings. The minimum absolute atomic E-state index is 0.0145. The van der Waals surface area contributed by atoms with Gasteiger partial charge in [0.15, 0.2) is 9.84 Å². The normalized spacial score (nSPS) is 15.7. The van der Waals surface area contributed by atoms with Gasteiger partial charge in [-0.1, -0.05) is 12.1 Å². The van der Waals surface area contributed by atoms with Gasteiger partial charge in [-0.15, -0.1) is 0 Å². The van der Waals surface area contributed by atoms with E-state index in [1.807, 2.05) is 0 Å². The molecular weight excluding hydrogens is 424 g/mol. The molecule has 0 saturated carbocycles. The summed E-state index contributed by atoms with van der Waals surface area (Å²) < 4.78 is 58.1. The van der Waals surface area contributed by atoms with Crippen molar-refractivity contribution in [1.82, 2.24) is 4.90 Å². The van der Waals surface area contributed by atoms with Gasteiger partial charge >= 0.3 is 6.09 Å². The Bertz CT molecular complexity index is 1040. The quantitative estimate of drug-likeness (QED) is 0.652. The average molecular weight is 452 g/mol. The maximum atomic E-state index is 14.0. The molecule has 1 heterocycles. The van der Waals surface area contributed by atoms with E-state index in [1.165, 1.54) is 30.3 Å². The van der Waals surface area contributed by atoms with Gasteiger partial charge in [0.1, 0.15) is 17.2 Å². The van der Waals surface area contributed by atoms with Crippen molar-refractivity contribution in [2.45, 2.75) is 44.1 Å². The zero-order valence-corrected chi connectivity index (χ0v) is 18.7. The molecule has 1 amide bonds. The lowest BCUT2D eigenvalue weighted by molar-refractivity contribution is 0.0191. The maximum Gasteiger partial charge on any atom is 0.410 e. The highest BCUT2D eigenvalue weighted by Crippen LogP contribution is 2.27. The van der Waals surface area contributed by atoms with Gasteiger partial charge in [0.05, 0.1) is 10.6 Å². The van der Waals surface area contributed by atoms with Gasteiger partial charge in [0.25, 0.3) is 0 Å². The van der Waals surface area contributed by atoms with Gasteiger partial charge in [-0.3, -0.25) is 0 Å². The second-order valence-corrected chi connectivity index (χ2v) is 10.9. The van der Waals surface area contributed by atoms with Crippen LogP contribution >= 0.6 is 0 Å². The van der Waals surface area contributed by atoms with Gasteiger partial charge in [-0.2, -0.15) is 0 Å². The topological polar surface area (TPSA) is 63.7 Å². The van der Waals surface area contributed by atoms with Crippen molar-refractivity contribution < 1.29 is 26.7 Å². The van der Waals surface area contributed by atoms with E-state index in [1.54, 1.807) is 25.7 Å². The Morgan fingerprint density at radius 1 is 1.06 bits per heavy atom. The van der Waals surface area contributed by atoms with Crippen LogP contribution in [0.2, 0.25) is 0 Å². The number of hydrogen-bond acceptors (Lipinski definition) is 4. The summed E-state index contributed by atoms with van der Waals surface area (Å²) in [6, 6.07) is 9.22. The van der Waals surface area contributed by atoms with Gasteiger partial charge in [-0.05, 0) is 69.4 Å². The van der Waals surface area contributed by atoms with Crippen molar-refractivity contribution in [3.63, 3.8) is 0 Å². The third kappa shape index (κ3) is 6.03. The Morgan fingerprint density at radius 3 is 2.23 bits per heavy atom. The monoisotopic (exact) mass is 451 g/mol. The van der Waals surface area contributed by atoms with Crippen LogP contribution in [-0.4, -0.2) is 43.9 Å². The van der Waals surface area contributed by atoms with Crippen LogP contribution in [-0.2, 0) is 14.6 Å². The second kappa shape index (κ2) is 8.94. The first kappa shape index (κ1) is 23.2. The molecule has 1 aliphatic rings. The number of nitrogens with zero attached hydrogens (tertiary/aromatic N) is 1. The number of hydrogen-bond donors (Lipinski definition) is 0. The number of piperidine rings is 1. The first-order valence-electron chi connectivity index (χ1n) is 10.2. The van der Waals surface area contributed by atoms with Gasteiger partial charge < -0.3 is 9.64 Å². The molecule has 0 atom stereocenters. The SMILES string of the molecule is CC(C)(C)OC(=O)N1CCC(CS(=O)(=O)c2ccc(-c3ccc(F)cc3F)cc2)CC1. The summed E-state index contributed by atoms with van der Waals surface area (Å²) in [5.74, 6) is -1.44. The zero-order valence-electron chi connectivity index (χ0n) is 17.9. The first-order valence-corrected chi connectivity index (χ1v) is 11.9. The highest BCUT2D eigenvalue weighted by molar-refractivity contribution is 7.91. The number of likely N-dealkylation sites (tertiary alicyclic amines) is 1. The lowest BCUT2D eigenvalue weighted by Crippen LogP contribution is -2.42. The molecule has 0 bridgehead atoms. The Morgan fingerprint density at radius 2 is 1.68 bits per heavy atom. The number of rotatable bonds is 4. The van der Waals surface area contributed by atoms with E-state index in [0.29, 0.717) is 31.5 Å². The molecule has 3 rings (SSSR count). The molecule has 2 aromatic carbocycles. The molecule has 1 aliphatic heterocycles. The summed E-state index contributed by atoms with van der Waals surface area (Å²) in [4.78, 5) is 13.9. The Hall–Kier alpha value is -2.48. The van der Waals surface area contributed by atoms with Crippen molar-refractivity contribution in [2.75, 3.05) is 18.8 Å². The molecule has 0 spiro atoms. The average Bonchev–Trinajstić information content (AvgIpc) is 2.67. The predicted molar refractivity (Wildman–Crippen MR) is 114 cm³/mol. The van der Waals surface area contributed by atoms with Crippen LogP contribution in [0.4, 0.5) is 13.6 Å². The summed E-state index contributed by atoms with van der Waals surface area (Å²) >= 11 is 0. The molecular formula is C23H27F2NO4S. The first-order chi connectivity index (χ1) is 14.4. The van der Waals surface area contributed by atoms with Crippen LogP contribution in [0.25, 0.3) is 11.1 Å². The Balaban J connectivity index is 1.62. The van der Waals surface area contributed by atoms with E-state index >= 15 is 0 Å². The van der Waals surface area contributed by atoms with Crippen molar-refractivity contribution in [1.29, 1.82) is 0 Å². The second-order valence-electron chi connectivity index (χ2n) is 8.84. The summed E-state index contributed by atoms with van der Waals surface area (Å²) in [6.07, 6.45) is 0.784. The van der Waals surface area contributed by atoms with E-state index in [2.05, 4.69) is 0 Å². The number of amides is 1. The van der Waals surface area contributed by atoms with E-state index in [0.717, 1.165) is 12.1 Å². The van der Waals surface area contributed by atoms with E-state index < -0.39 is 27.1 Å². The standard InChI is InChI=1S/C23H27F2NO4S/c1-23(2,3)30-22(27)26-12-10-16(11-13-26)15-31(28,29)19-7-4-17(5-8-19)20-9-6-18(24)14-21(20)25/h4-9,14,16H,10-13,15H2,1-3H3. The molecule has 0 aromatic heterocycles. The molecule has 0 N–H and O–H groups in total. The summed E-state index contributed by atoms with van der Waals surface area (Å²) in [7, 11) is -3.53. The lowest BCUT2D eigenvalue weighted by atomic mass is 9.99. The highest BCUT2D eigenvalue weighted by atomic mass is 32.2. The number of carbonyl (C=O) groups excluding carboxylic acids is 1. The summed E-state index contributed by atoms with van der Waals surface area (Å²) in [6.45, 7) is 6.33. The van der Waals surface area contributed by atoms with E-state index in [9.17, 15) is 22.0 Å². The molecule has 1 saturated heterocycles. The minimum atomic E-state index is -3.53.